The summed E-state index contributed by atoms with van der Waals surface area (Å²) in [4.78, 5) is 10.4. The molecule has 1 aromatic heterocycles. The van der Waals surface area contributed by atoms with Crippen molar-refractivity contribution in [3.8, 4) is 0 Å². The number of ether oxygens (including phenoxy) is 1. The molecule has 1 aromatic rings. The molecule has 1 aliphatic heterocycles. The van der Waals surface area contributed by atoms with E-state index in [-0.39, 0.29) is 12.1 Å². The zero-order valence-electron chi connectivity index (χ0n) is 10.8. The number of piperidine rings is 1. The van der Waals surface area contributed by atoms with Crippen molar-refractivity contribution in [2.75, 3.05) is 36.3 Å². The first kappa shape index (κ1) is 12.8. The third-order valence-corrected chi connectivity index (χ3v) is 3.39. The van der Waals surface area contributed by atoms with Crippen LogP contribution in [0.4, 0.5) is 17.6 Å². The minimum atomic E-state index is 0.212. The first-order valence-electron chi connectivity index (χ1n) is 6.03. The summed E-state index contributed by atoms with van der Waals surface area (Å²) in [6.07, 6.45) is 1.28. The highest BCUT2D eigenvalue weighted by Crippen LogP contribution is 2.25. The van der Waals surface area contributed by atoms with Crippen LogP contribution in [0.3, 0.4) is 0 Å². The molecule has 2 heterocycles. The molecule has 0 aromatic carbocycles. The van der Waals surface area contributed by atoms with Gasteiger partial charge in [-0.2, -0.15) is 9.97 Å². The molecule has 2 atom stereocenters. The Morgan fingerprint density at radius 3 is 2.94 bits per heavy atom. The van der Waals surface area contributed by atoms with Crippen molar-refractivity contribution in [2.45, 2.75) is 19.4 Å². The van der Waals surface area contributed by atoms with E-state index in [1.54, 1.807) is 13.2 Å². The van der Waals surface area contributed by atoms with Crippen LogP contribution in [0.1, 0.15) is 13.3 Å². The van der Waals surface area contributed by atoms with Gasteiger partial charge in [0, 0.05) is 26.3 Å². The second-order valence-electron chi connectivity index (χ2n) is 4.60. The first-order chi connectivity index (χ1) is 8.63. The number of anilines is 3. The molecule has 2 unspecified atom stereocenters. The fourth-order valence-electron chi connectivity index (χ4n) is 2.24. The smallest absolute Gasteiger partial charge is 0.223 e. The van der Waals surface area contributed by atoms with Gasteiger partial charge in [0.25, 0.3) is 0 Å². The average molecular weight is 252 g/mol. The summed E-state index contributed by atoms with van der Waals surface area (Å²) in [6, 6.07) is 1.79. The molecule has 0 amide bonds. The van der Waals surface area contributed by atoms with Crippen molar-refractivity contribution >= 4 is 17.6 Å². The molecule has 1 aliphatic rings. The summed E-state index contributed by atoms with van der Waals surface area (Å²) >= 11 is 0. The topological polar surface area (TPSA) is 102 Å². The lowest BCUT2D eigenvalue weighted by atomic mass is 9.96. The monoisotopic (exact) mass is 252 g/mol. The van der Waals surface area contributed by atoms with Crippen molar-refractivity contribution in [3.05, 3.63) is 6.07 Å². The predicted molar refractivity (Wildman–Crippen MR) is 71.0 cm³/mol. The number of nitrogens with zero attached hydrogens (tertiary/aromatic N) is 3. The van der Waals surface area contributed by atoms with E-state index in [1.807, 2.05) is 0 Å². The third-order valence-electron chi connectivity index (χ3n) is 3.39. The van der Waals surface area contributed by atoms with Crippen molar-refractivity contribution in [3.63, 3.8) is 0 Å². The SMILES string of the molecule is COC1CN(c2cc(NN)nc(N)n2)CCC1C. The van der Waals surface area contributed by atoms with Gasteiger partial charge < -0.3 is 20.8 Å². The summed E-state index contributed by atoms with van der Waals surface area (Å²) in [5, 5.41) is 0. The highest BCUT2D eigenvalue weighted by atomic mass is 16.5. The lowest BCUT2D eigenvalue weighted by Crippen LogP contribution is -2.44. The van der Waals surface area contributed by atoms with Crippen LogP contribution in [0.25, 0.3) is 0 Å². The van der Waals surface area contributed by atoms with E-state index < -0.39 is 0 Å². The van der Waals surface area contributed by atoms with Crippen LogP contribution in [0.5, 0.6) is 0 Å². The van der Waals surface area contributed by atoms with Gasteiger partial charge in [-0.05, 0) is 12.3 Å². The summed E-state index contributed by atoms with van der Waals surface area (Å²) in [6.45, 7) is 3.94. The number of hydrogen-bond donors (Lipinski definition) is 3. The van der Waals surface area contributed by atoms with E-state index in [0.29, 0.717) is 11.7 Å². The number of nitrogens with two attached hydrogens (primary N) is 2. The number of hydrazine groups is 1. The van der Waals surface area contributed by atoms with E-state index in [0.717, 1.165) is 25.3 Å². The molecule has 1 saturated heterocycles. The second-order valence-corrected chi connectivity index (χ2v) is 4.60. The van der Waals surface area contributed by atoms with Crippen LogP contribution in [0.15, 0.2) is 6.07 Å². The van der Waals surface area contributed by atoms with Gasteiger partial charge >= 0.3 is 0 Å². The Balaban J connectivity index is 2.18. The Morgan fingerprint density at radius 1 is 1.50 bits per heavy atom. The summed E-state index contributed by atoms with van der Waals surface area (Å²) < 4.78 is 5.49. The summed E-state index contributed by atoms with van der Waals surface area (Å²) in [5.41, 5.74) is 8.15. The number of aromatic nitrogens is 2. The van der Waals surface area contributed by atoms with Gasteiger partial charge in [0.15, 0.2) is 0 Å². The molecule has 0 bridgehead atoms. The standard InChI is InChI=1S/C11H20N6O/c1-7-3-4-17(6-8(7)18-2)10-5-9(16-13)14-11(12)15-10/h5,7-8H,3-4,6,13H2,1-2H3,(H3,12,14,15,16). The maximum absolute atomic E-state index is 5.66. The van der Waals surface area contributed by atoms with Gasteiger partial charge in [-0.25, -0.2) is 5.84 Å². The highest BCUT2D eigenvalue weighted by molar-refractivity contribution is 5.52. The minimum Gasteiger partial charge on any atom is -0.379 e. The quantitative estimate of drug-likeness (QED) is 0.522. The lowest BCUT2D eigenvalue weighted by Gasteiger charge is -2.36. The number of nitrogen functional groups attached to an aromatic ring is 2. The van der Waals surface area contributed by atoms with Crippen molar-refractivity contribution in [1.82, 2.24) is 9.97 Å². The van der Waals surface area contributed by atoms with Crippen LogP contribution in [-0.2, 0) is 4.74 Å². The molecule has 7 heteroatoms. The Labute approximate surface area is 106 Å². The van der Waals surface area contributed by atoms with Gasteiger partial charge in [-0.1, -0.05) is 6.92 Å². The Bertz CT molecular complexity index is 413. The molecule has 7 nitrogen and oxygen atoms in total. The average Bonchev–Trinajstić information content (AvgIpc) is 2.38. The number of methoxy groups -OCH3 is 1. The lowest BCUT2D eigenvalue weighted by molar-refractivity contribution is 0.0496. The van der Waals surface area contributed by atoms with E-state index >= 15 is 0 Å². The molecule has 0 aliphatic carbocycles. The van der Waals surface area contributed by atoms with Crippen LogP contribution >= 0.6 is 0 Å². The molecule has 0 radical (unpaired) electrons. The molecule has 18 heavy (non-hydrogen) atoms. The summed E-state index contributed by atoms with van der Waals surface area (Å²) in [5.74, 6) is 7.42. The molecule has 100 valence electrons. The molecular weight excluding hydrogens is 232 g/mol. The van der Waals surface area contributed by atoms with Gasteiger partial charge in [0.2, 0.25) is 5.95 Å². The molecule has 0 saturated carbocycles. The van der Waals surface area contributed by atoms with E-state index in [1.165, 1.54) is 0 Å². The van der Waals surface area contributed by atoms with Gasteiger partial charge in [0.05, 0.1) is 6.10 Å². The first-order valence-corrected chi connectivity index (χ1v) is 6.03. The van der Waals surface area contributed by atoms with Crippen LogP contribution < -0.4 is 21.9 Å². The van der Waals surface area contributed by atoms with Crippen molar-refractivity contribution in [1.29, 1.82) is 0 Å². The fraction of sp³-hybridized carbons (Fsp3) is 0.636. The maximum Gasteiger partial charge on any atom is 0.223 e. The predicted octanol–water partition coefficient (Wildman–Crippen LogP) is 0.206. The van der Waals surface area contributed by atoms with E-state index in [9.17, 15) is 0 Å². The number of nitrogens with one attached hydrogen (secondary N) is 1. The Kier molecular flexibility index (Phi) is 3.83. The van der Waals surface area contributed by atoms with Crippen LogP contribution in [-0.4, -0.2) is 36.3 Å². The highest BCUT2D eigenvalue weighted by Gasteiger charge is 2.27. The van der Waals surface area contributed by atoms with Gasteiger partial charge in [-0.3, -0.25) is 0 Å². The van der Waals surface area contributed by atoms with E-state index in [4.69, 9.17) is 16.3 Å². The van der Waals surface area contributed by atoms with Crippen LogP contribution in [0.2, 0.25) is 0 Å². The molecule has 1 fully saturated rings. The second kappa shape index (κ2) is 5.36. The minimum absolute atomic E-state index is 0.212. The van der Waals surface area contributed by atoms with Gasteiger partial charge in [0.1, 0.15) is 11.6 Å². The van der Waals surface area contributed by atoms with Gasteiger partial charge in [-0.15, -0.1) is 0 Å². The van der Waals surface area contributed by atoms with Crippen molar-refractivity contribution < 1.29 is 4.74 Å². The molecular formula is C11H20N6O. The third kappa shape index (κ3) is 2.62. The Morgan fingerprint density at radius 2 is 2.28 bits per heavy atom. The fourth-order valence-corrected chi connectivity index (χ4v) is 2.24. The number of rotatable bonds is 3. The molecule has 5 N–H and O–H groups in total. The van der Waals surface area contributed by atoms with Crippen molar-refractivity contribution in [2.24, 2.45) is 11.8 Å². The number of hydrogen-bond acceptors (Lipinski definition) is 7. The summed E-state index contributed by atoms with van der Waals surface area (Å²) in [7, 11) is 1.74. The van der Waals surface area contributed by atoms with Crippen LogP contribution in [0, 0.1) is 5.92 Å². The zero-order chi connectivity index (χ0) is 13.1. The Hall–Kier alpha value is -1.60. The largest absolute Gasteiger partial charge is 0.379 e. The molecule has 2 rings (SSSR count). The maximum atomic E-state index is 5.66. The normalized spacial score (nSPS) is 24.1. The molecule has 0 spiro atoms. The van der Waals surface area contributed by atoms with E-state index in [2.05, 4.69) is 27.2 Å². The zero-order valence-corrected chi connectivity index (χ0v) is 10.8.